The molecule has 1 aromatic rings. The second kappa shape index (κ2) is 3.58. The van der Waals surface area contributed by atoms with Gasteiger partial charge in [-0.2, -0.15) is 0 Å². The number of hydrogen-bond donors (Lipinski definition) is 1. The van der Waals surface area contributed by atoms with Crippen molar-refractivity contribution in [2.75, 3.05) is 0 Å². The fraction of sp³-hybridized carbons (Fsp3) is 0.286. The van der Waals surface area contributed by atoms with Crippen LogP contribution < -0.4 is 0 Å². The van der Waals surface area contributed by atoms with Gasteiger partial charge in [0.05, 0.1) is 0 Å². The van der Waals surface area contributed by atoms with Crippen LogP contribution in [0.15, 0.2) is 29.4 Å². The maximum Gasteiger partial charge on any atom is 0.101 e. The SMILES string of the molecule is CC(O)Sc1ccncc1. The zero-order chi connectivity index (χ0) is 7.40. The molecule has 2 nitrogen and oxygen atoms in total. The first-order valence-corrected chi connectivity index (χ1v) is 3.92. The van der Waals surface area contributed by atoms with Crippen molar-refractivity contribution < 1.29 is 5.11 Å². The third-order valence-corrected chi connectivity index (χ3v) is 1.84. The number of aliphatic hydroxyl groups excluding tert-OH is 1. The minimum atomic E-state index is -0.345. The van der Waals surface area contributed by atoms with E-state index in [1.165, 1.54) is 11.8 Å². The summed E-state index contributed by atoms with van der Waals surface area (Å²) in [6, 6.07) is 3.74. The smallest absolute Gasteiger partial charge is 0.101 e. The van der Waals surface area contributed by atoms with Crippen molar-refractivity contribution >= 4 is 11.8 Å². The first-order chi connectivity index (χ1) is 4.79. The van der Waals surface area contributed by atoms with Gasteiger partial charge in [0, 0.05) is 17.3 Å². The molecule has 0 aromatic carbocycles. The Kier molecular flexibility index (Phi) is 2.71. The molecule has 1 rings (SSSR count). The van der Waals surface area contributed by atoms with Crippen molar-refractivity contribution in [3.8, 4) is 0 Å². The van der Waals surface area contributed by atoms with Crippen molar-refractivity contribution in [1.82, 2.24) is 4.98 Å². The van der Waals surface area contributed by atoms with E-state index in [1.807, 2.05) is 12.1 Å². The van der Waals surface area contributed by atoms with Crippen LogP contribution in [0.1, 0.15) is 6.92 Å². The van der Waals surface area contributed by atoms with Gasteiger partial charge in [0.25, 0.3) is 0 Å². The van der Waals surface area contributed by atoms with Gasteiger partial charge in [-0.15, -0.1) is 0 Å². The van der Waals surface area contributed by atoms with Crippen LogP contribution in [0.2, 0.25) is 0 Å². The Labute approximate surface area is 64.3 Å². The van der Waals surface area contributed by atoms with Crippen LogP contribution in [0.25, 0.3) is 0 Å². The molecule has 0 fully saturated rings. The van der Waals surface area contributed by atoms with E-state index in [0.29, 0.717) is 0 Å². The Morgan fingerprint density at radius 2 is 2.10 bits per heavy atom. The third kappa shape index (κ3) is 2.37. The van der Waals surface area contributed by atoms with E-state index >= 15 is 0 Å². The minimum Gasteiger partial charge on any atom is -0.382 e. The molecule has 54 valence electrons. The predicted molar refractivity (Wildman–Crippen MR) is 41.8 cm³/mol. The van der Waals surface area contributed by atoms with E-state index in [2.05, 4.69) is 4.98 Å². The van der Waals surface area contributed by atoms with Gasteiger partial charge in [-0.3, -0.25) is 4.98 Å². The highest BCUT2D eigenvalue weighted by atomic mass is 32.2. The van der Waals surface area contributed by atoms with Gasteiger partial charge in [-0.05, 0) is 19.1 Å². The molecule has 0 radical (unpaired) electrons. The Morgan fingerprint density at radius 1 is 1.50 bits per heavy atom. The van der Waals surface area contributed by atoms with Gasteiger partial charge in [0.2, 0.25) is 0 Å². The lowest BCUT2D eigenvalue weighted by molar-refractivity contribution is 0.284. The molecule has 1 atom stereocenters. The largest absolute Gasteiger partial charge is 0.382 e. The fourth-order valence-electron chi connectivity index (χ4n) is 0.614. The average molecular weight is 155 g/mol. The normalized spacial score (nSPS) is 13.0. The van der Waals surface area contributed by atoms with Crippen LogP contribution in [-0.4, -0.2) is 15.5 Å². The van der Waals surface area contributed by atoms with Crippen molar-refractivity contribution in [2.45, 2.75) is 17.3 Å². The molecule has 0 aliphatic carbocycles. The van der Waals surface area contributed by atoms with Crippen LogP contribution in [0.5, 0.6) is 0 Å². The third-order valence-electron chi connectivity index (χ3n) is 0.956. The van der Waals surface area contributed by atoms with Crippen LogP contribution in [0.3, 0.4) is 0 Å². The molecule has 0 saturated heterocycles. The topological polar surface area (TPSA) is 33.1 Å². The first kappa shape index (κ1) is 7.57. The molecule has 1 N–H and O–H groups in total. The van der Waals surface area contributed by atoms with Crippen LogP contribution in [-0.2, 0) is 0 Å². The van der Waals surface area contributed by atoms with Crippen molar-refractivity contribution in [2.24, 2.45) is 0 Å². The van der Waals surface area contributed by atoms with Gasteiger partial charge in [-0.1, -0.05) is 11.8 Å². The molecular formula is C7H9NOS. The summed E-state index contributed by atoms with van der Waals surface area (Å²) in [7, 11) is 0. The average Bonchev–Trinajstić information content (AvgIpc) is 1.88. The quantitative estimate of drug-likeness (QED) is 0.519. The van der Waals surface area contributed by atoms with E-state index in [4.69, 9.17) is 5.11 Å². The highest BCUT2D eigenvalue weighted by molar-refractivity contribution is 7.99. The molecule has 10 heavy (non-hydrogen) atoms. The van der Waals surface area contributed by atoms with Gasteiger partial charge in [0.1, 0.15) is 5.44 Å². The monoisotopic (exact) mass is 155 g/mol. The van der Waals surface area contributed by atoms with E-state index < -0.39 is 0 Å². The lowest BCUT2D eigenvalue weighted by Gasteiger charge is -2.01. The standard InChI is InChI=1S/C7H9NOS/c1-6(9)10-7-2-4-8-5-3-7/h2-6,9H,1H3. The predicted octanol–water partition coefficient (Wildman–Crippen LogP) is 1.51. The summed E-state index contributed by atoms with van der Waals surface area (Å²) >= 11 is 1.41. The molecule has 0 saturated carbocycles. The first-order valence-electron chi connectivity index (χ1n) is 3.04. The molecule has 0 aliphatic rings. The van der Waals surface area contributed by atoms with Crippen molar-refractivity contribution in [1.29, 1.82) is 0 Å². The Balaban J connectivity index is 2.59. The number of aromatic nitrogens is 1. The van der Waals surface area contributed by atoms with E-state index in [9.17, 15) is 0 Å². The maximum absolute atomic E-state index is 8.95. The molecule has 0 aliphatic heterocycles. The van der Waals surface area contributed by atoms with Crippen LogP contribution in [0, 0.1) is 0 Å². The molecule has 0 amide bonds. The second-order valence-electron chi connectivity index (χ2n) is 1.90. The molecule has 0 bridgehead atoms. The number of nitrogens with zero attached hydrogens (tertiary/aromatic N) is 1. The highest BCUT2D eigenvalue weighted by Gasteiger charge is 1.96. The summed E-state index contributed by atoms with van der Waals surface area (Å²) in [4.78, 5) is 4.90. The number of hydrogen-bond acceptors (Lipinski definition) is 3. The summed E-state index contributed by atoms with van der Waals surface area (Å²) in [5, 5.41) is 8.95. The zero-order valence-electron chi connectivity index (χ0n) is 5.69. The van der Waals surface area contributed by atoms with E-state index in [-0.39, 0.29) is 5.44 Å². The molecule has 0 spiro atoms. The molecular weight excluding hydrogens is 146 g/mol. The maximum atomic E-state index is 8.95. The molecule has 1 aromatic heterocycles. The van der Waals surface area contributed by atoms with Gasteiger partial charge >= 0.3 is 0 Å². The Morgan fingerprint density at radius 3 is 2.60 bits per heavy atom. The van der Waals surface area contributed by atoms with Crippen LogP contribution >= 0.6 is 11.8 Å². The van der Waals surface area contributed by atoms with E-state index in [0.717, 1.165) is 4.90 Å². The van der Waals surface area contributed by atoms with Gasteiger partial charge in [0.15, 0.2) is 0 Å². The molecule has 1 heterocycles. The van der Waals surface area contributed by atoms with Crippen molar-refractivity contribution in [3.63, 3.8) is 0 Å². The molecule has 3 heteroatoms. The summed E-state index contributed by atoms with van der Waals surface area (Å²) in [6.07, 6.45) is 3.43. The highest BCUT2D eigenvalue weighted by Crippen LogP contribution is 2.19. The number of pyridine rings is 1. The van der Waals surface area contributed by atoms with Crippen LogP contribution in [0.4, 0.5) is 0 Å². The van der Waals surface area contributed by atoms with E-state index in [1.54, 1.807) is 19.3 Å². The number of rotatable bonds is 2. The Hall–Kier alpha value is -0.540. The summed E-state index contributed by atoms with van der Waals surface area (Å²) < 4.78 is 0. The minimum absolute atomic E-state index is 0.345. The Bertz CT molecular complexity index is 188. The summed E-state index contributed by atoms with van der Waals surface area (Å²) in [6.45, 7) is 1.74. The number of aliphatic hydroxyl groups is 1. The van der Waals surface area contributed by atoms with Gasteiger partial charge in [-0.25, -0.2) is 0 Å². The second-order valence-corrected chi connectivity index (χ2v) is 3.29. The zero-order valence-corrected chi connectivity index (χ0v) is 6.51. The lowest BCUT2D eigenvalue weighted by atomic mass is 10.5. The summed E-state index contributed by atoms with van der Waals surface area (Å²) in [5.41, 5.74) is -0.345. The van der Waals surface area contributed by atoms with Gasteiger partial charge < -0.3 is 5.11 Å². The molecule has 1 unspecified atom stereocenters. The fourth-order valence-corrected chi connectivity index (χ4v) is 1.29. The number of thioether (sulfide) groups is 1. The van der Waals surface area contributed by atoms with Crippen molar-refractivity contribution in [3.05, 3.63) is 24.5 Å². The summed E-state index contributed by atoms with van der Waals surface area (Å²) in [5.74, 6) is 0. The lowest BCUT2D eigenvalue weighted by Crippen LogP contribution is -1.90.